The summed E-state index contributed by atoms with van der Waals surface area (Å²) >= 11 is 3.44. The maximum absolute atomic E-state index is 12.3. The fourth-order valence-electron chi connectivity index (χ4n) is 3.41. The third-order valence-corrected chi connectivity index (χ3v) is 5.31. The van der Waals surface area contributed by atoms with Gasteiger partial charge in [-0.3, -0.25) is 9.89 Å². The van der Waals surface area contributed by atoms with Crippen molar-refractivity contribution < 1.29 is 4.79 Å². The largest absolute Gasteiger partial charge is 0.327 e. The number of anilines is 1. The van der Waals surface area contributed by atoms with E-state index in [9.17, 15) is 4.79 Å². The number of aromatic nitrogens is 2. The van der Waals surface area contributed by atoms with Gasteiger partial charge in [0.05, 0.1) is 5.69 Å². The van der Waals surface area contributed by atoms with Crippen molar-refractivity contribution in [1.82, 2.24) is 10.2 Å². The first kappa shape index (κ1) is 17.2. The van der Waals surface area contributed by atoms with Gasteiger partial charge in [-0.1, -0.05) is 41.4 Å². The highest BCUT2D eigenvalue weighted by Crippen LogP contribution is 2.30. The van der Waals surface area contributed by atoms with Crippen LogP contribution in [0.1, 0.15) is 38.2 Å². The van der Waals surface area contributed by atoms with Gasteiger partial charge in [0.15, 0.2) is 5.82 Å². The lowest BCUT2D eigenvalue weighted by Crippen LogP contribution is -2.28. The number of nitrogens with one attached hydrogen (secondary N) is 2. The third kappa shape index (κ3) is 3.70. The van der Waals surface area contributed by atoms with Crippen LogP contribution in [0.4, 0.5) is 5.82 Å². The molecular formula is C18H23BrN4O. The number of nitrogens with two attached hydrogens (primary N) is 1. The van der Waals surface area contributed by atoms with Crippen molar-refractivity contribution in [2.45, 2.75) is 45.1 Å². The number of hydrogen-bond acceptors (Lipinski definition) is 3. The van der Waals surface area contributed by atoms with Gasteiger partial charge in [-0.2, -0.15) is 5.10 Å². The monoisotopic (exact) mass is 390 g/mol. The maximum atomic E-state index is 12.3. The molecule has 1 aromatic carbocycles. The van der Waals surface area contributed by atoms with Crippen LogP contribution in [-0.4, -0.2) is 22.1 Å². The van der Waals surface area contributed by atoms with Crippen LogP contribution in [0.25, 0.3) is 11.3 Å². The van der Waals surface area contributed by atoms with Gasteiger partial charge in [-0.25, -0.2) is 0 Å². The first-order valence-electron chi connectivity index (χ1n) is 8.47. The summed E-state index contributed by atoms with van der Waals surface area (Å²) in [4.78, 5) is 12.3. The number of rotatable bonds is 5. The summed E-state index contributed by atoms with van der Waals surface area (Å²) in [6.07, 6.45) is 4.45. The molecule has 1 fully saturated rings. The molecule has 0 saturated heterocycles. The van der Waals surface area contributed by atoms with Gasteiger partial charge < -0.3 is 11.1 Å². The molecule has 0 unspecified atom stereocenters. The van der Waals surface area contributed by atoms with Crippen LogP contribution < -0.4 is 11.1 Å². The minimum atomic E-state index is 0.000839. The van der Waals surface area contributed by atoms with Gasteiger partial charge in [0.2, 0.25) is 5.91 Å². The van der Waals surface area contributed by atoms with Crippen LogP contribution in [0.3, 0.4) is 0 Å². The summed E-state index contributed by atoms with van der Waals surface area (Å²) in [7, 11) is 0. The number of aromatic amines is 1. The molecule has 2 aromatic rings. The normalized spacial score (nSPS) is 20.3. The lowest BCUT2D eigenvalue weighted by atomic mass is 10.00. The summed E-state index contributed by atoms with van der Waals surface area (Å²) in [6.45, 7) is 2.07. The summed E-state index contributed by atoms with van der Waals surface area (Å²) in [6, 6.07) is 8.20. The zero-order valence-electron chi connectivity index (χ0n) is 13.8. The van der Waals surface area contributed by atoms with Crippen molar-refractivity contribution in [1.29, 1.82) is 0 Å². The van der Waals surface area contributed by atoms with Crippen LogP contribution in [0, 0.1) is 5.92 Å². The number of hydrogen-bond donors (Lipinski definition) is 3. The predicted molar refractivity (Wildman–Crippen MR) is 99.7 cm³/mol. The van der Waals surface area contributed by atoms with Crippen molar-refractivity contribution in [3.63, 3.8) is 0 Å². The maximum Gasteiger partial charge on any atom is 0.225 e. The highest BCUT2D eigenvalue weighted by molar-refractivity contribution is 9.10. The SMILES string of the molecule is CCc1c(NC(=O)C[C@@H]2CCC[C@H]2N)n[nH]c1-c1ccc(Br)cc1. The molecule has 5 nitrogen and oxygen atoms in total. The first-order chi connectivity index (χ1) is 11.6. The molecule has 6 heteroatoms. The van der Waals surface area contributed by atoms with E-state index in [1.165, 1.54) is 0 Å². The fourth-order valence-corrected chi connectivity index (χ4v) is 3.67. The molecule has 3 rings (SSSR count). The molecule has 2 atom stereocenters. The van der Waals surface area contributed by atoms with Gasteiger partial charge in [-0.05, 0) is 42.9 Å². The average Bonchev–Trinajstić information content (AvgIpc) is 3.14. The Morgan fingerprint density at radius 1 is 1.38 bits per heavy atom. The van der Waals surface area contributed by atoms with Crippen LogP contribution in [0.15, 0.2) is 28.7 Å². The molecule has 0 spiro atoms. The highest BCUT2D eigenvalue weighted by atomic mass is 79.9. The molecule has 1 aliphatic carbocycles. The van der Waals surface area contributed by atoms with Crippen molar-refractivity contribution in [2.24, 2.45) is 11.7 Å². The molecule has 1 saturated carbocycles. The van der Waals surface area contributed by atoms with Crippen LogP contribution in [0.5, 0.6) is 0 Å². The van der Waals surface area contributed by atoms with Gasteiger partial charge >= 0.3 is 0 Å². The molecule has 1 amide bonds. The topological polar surface area (TPSA) is 83.8 Å². The minimum absolute atomic E-state index is 0.000839. The van der Waals surface area contributed by atoms with E-state index in [2.05, 4.69) is 38.4 Å². The Bertz CT molecular complexity index is 710. The molecular weight excluding hydrogens is 368 g/mol. The highest BCUT2D eigenvalue weighted by Gasteiger charge is 2.26. The summed E-state index contributed by atoms with van der Waals surface area (Å²) in [5, 5.41) is 10.3. The summed E-state index contributed by atoms with van der Waals surface area (Å²) < 4.78 is 1.03. The molecule has 128 valence electrons. The second kappa shape index (κ2) is 7.49. The van der Waals surface area contributed by atoms with Gasteiger partial charge in [0.25, 0.3) is 0 Å². The Morgan fingerprint density at radius 2 is 2.12 bits per heavy atom. The van der Waals surface area contributed by atoms with Gasteiger partial charge in [0, 0.05) is 22.5 Å². The van der Waals surface area contributed by atoms with E-state index in [0.717, 1.165) is 47.0 Å². The molecule has 4 N–H and O–H groups in total. The number of halogens is 1. The number of amides is 1. The summed E-state index contributed by atoms with van der Waals surface area (Å²) in [5.41, 5.74) is 9.11. The van der Waals surface area contributed by atoms with Gasteiger partial charge in [-0.15, -0.1) is 0 Å². The number of carbonyl (C=O) groups is 1. The zero-order valence-corrected chi connectivity index (χ0v) is 15.4. The zero-order chi connectivity index (χ0) is 17.1. The Morgan fingerprint density at radius 3 is 2.75 bits per heavy atom. The molecule has 1 aromatic heterocycles. The van der Waals surface area contributed by atoms with Crippen LogP contribution in [0.2, 0.25) is 0 Å². The van der Waals surface area contributed by atoms with E-state index in [0.29, 0.717) is 18.2 Å². The number of benzene rings is 1. The Labute approximate surface area is 150 Å². The van der Waals surface area contributed by atoms with Gasteiger partial charge in [0.1, 0.15) is 0 Å². The number of H-pyrrole nitrogens is 1. The smallest absolute Gasteiger partial charge is 0.225 e. The first-order valence-corrected chi connectivity index (χ1v) is 9.26. The third-order valence-electron chi connectivity index (χ3n) is 4.78. The number of carbonyl (C=O) groups excluding carboxylic acids is 1. The molecule has 1 aliphatic rings. The standard InChI is InChI=1S/C18H23BrN4O/c1-2-14-17(11-6-8-13(19)9-7-11)22-23-18(14)21-16(24)10-12-4-3-5-15(12)20/h6-9,12,15H,2-5,10,20H2,1H3,(H2,21,22,23,24)/t12-,15+/m0/s1. The lowest BCUT2D eigenvalue weighted by Gasteiger charge is -2.14. The Balaban J connectivity index is 1.74. The Hall–Kier alpha value is -1.66. The van der Waals surface area contributed by atoms with Crippen LogP contribution in [-0.2, 0) is 11.2 Å². The van der Waals surface area contributed by atoms with E-state index in [1.54, 1.807) is 0 Å². The lowest BCUT2D eigenvalue weighted by molar-refractivity contribution is -0.117. The van der Waals surface area contributed by atoms with E-state index in [-0.39, 0.29) is 11.9 Å². The van der Waals surface area contributed by atoms with Crippen molar-refractivity contribution in [3.05, 3.63) is 34.3 Å². The van der Waals surface area contributed by atoms with E-state index < -0.39 is 0 Å². The fraction of sp³-hybridized carbons (Fsp3) is 0.444. The predicted octanol–water partition coefficient (Wildman–Crippen LogP) is 3.86. The average molecular weight is 391 g/mol. The molecule has 0 aliphatic heterocycles. The number of nitrogens with zero attached hydrogens (tertiary/aromatic N) is 1. The van der Waals surface area contributed by atoms with Crippen molar-refractivity contribution >= 4 is 27.7 Å². The van der Waals surface area contributed by atoms with Crippen LogP contribution >= 0.6 is 15.9 Å². The molecule has 0 radical (unpaired) electrons. The quantitative estimate of drug-likeness (QED) is 0.724. The Kier molecular flexibility index (Phi) is 5.36. The molecule has 1 heterocycles. The van der Waals surface area contributed by atoms with E-state index >= 15 is 0 Å². The second-order valence-corrected chi connectivity index (χ2v) is 7.31. The van der Waals surface area contributed by atoms with Crippen molar-refractivity contribution in [2.75, 3.05) is 5.32 Å². The van der Waals surface area contributed by atoms with E-state index in [1.807, 2.05) is 24.3 Å². The van der Waals surface area contributed by atoms with E-state index in [4.69, 9.17) is 5.73 Å². The minimum Gasteiger partial charge on any atom is -0.327 e. The molecule has 0 bridgehead atoms. The second-order valence-electron chi connectivity index (χ2n) is 6.39. The molecule has 24 heavy (non-hydrogen) atoms. The van der Waals surface area contributed by atoms with Crippen molar-refractivity contribution in [3.8, 4) is 11.3 Å². The summed E-state index contributed by atoms with van der Waals surface area (Å²) in [5.74, 6) is 0.924.